The van der Waals surface area contributed by atoms with Crippen molar-refractivity contribution in [2.24, 2.45) is 0 Å². The van der Waals surface area contributed by atoms with Crippen LogP contribution in [-0.4, -0.2) is 13.4 Å². The van der Waals surface area contributed by atoms with Crippen molar-refractivity contribution < 1.29 is 8.42 Å². The summed E-state index contributed by atoms with van der Waals surface area (Å²) in [7, 11) is -3.57. The Labute approximate surface area is 160 Å². The van der Waals surface area contributed by atoms with Crippen LogP contribution in [0.1, 0.15) is 56.3 Å². The molecular formula is C19H23Cl2NO2S. The van der Waals surface area contributed by atoms with Crippen molar-refractivity contribution in [2.75, 3.05) is 0 Å². The first-order chi connectivity index (χ1) is 12.0. The van der Waals surface area contributed by atoms with Crippen LogP contribution in [0.15, 0.2) is 47.6 Å². The van der Waals surface area contributed by atoms with Crippen LogP contribution in [0.25, 0.3) is 0 Å². The first-order valence-corrected chi connectivity index (χ1v) is 10.9. The monoisotopic (exact) mass is 399 g/mol. The van der Waals surface area contributed by atoms with Crippen LogP contribution in [0.5, 0.6) is 0 Å². The Morgan fingerprint density at radius 2 is 1.84 bits per heavy atom. The lowest BCUT2D eigenvalue weighted by Gasteiger charge is -2.19. The molecule has 6 heteroatoms. The second kappa shape index (κ2) is 9.56. The molecule has 1 atom stereocenters. The summed E-state index contributed by atoms with van der Waals surface area (Å²) in [5.74, 6) is 0. The lowest BCUT2D eigenvalue weighted by molar-refractivity contribution is 0.555. The molecule has 0 aliphatic heterocycles. The van der Waals surface area contributed by atoms with E-state index < -0.39 is 15.1 Å². The molecule has 0 aliphatic carbocycles. The fourth-order valence-electron chi connectivity index (χ4n) is 2.85. The molecular weight excluding hydrogens is 377 g/mol. The van der Waals surface area contributed by atoms with E-state index >= 15 is 0 Å². The molecule has 2 aromatic rings. The molecule has 0 bridgehead atoms. The van der Waals surface area contributed by atoms with Crippen molar-refractivity contribution >= 4 is 33.0 Å². The first kappa shape index (κ1) is 20.2. The Hall–Kier alpha value is -1.10. The van der Waals surface area contributed by atoms with Crippen molar-refractivity contribution in [1.29, 1.82) is 0 Å². The van der Waals surface area contributed by atoms with Gasteiger partial charge in [0.25, 0.3) is 0 Å². The molecule has 136 valence electrons. The molecule has 1 heterocycles. The van der Waals surface area contributed by atoms with Crippen LogP contribution in [0.2, 0.25) is 10.0 Å². The van der Waals surface area contributed by atoms with Gasteiger partial charge in [-0.2, -0.15) is 0 Å². The zero-order valence-corrected chi connectivity index (χ0v) is 16.6. The first-order valence-electron chi connectivity index (χ1n) is 8.55. The van der Waals surface area contributed by atoms with Crippen LogP contribution >= 0.6 is 23.2 Å². The van der Waals surface area contributed by atoms with Gasteiger partial charge in [-0.15, -0.1) is 0 Å². The summed E-state index contributed by atoms with van der Waals surface area (Å²) in [5.41, 5.74) is 0.602. The zero-order chi connectivity index (χ0) is 18.3. The number of aromatic nitrogens is 1. The average Bonchev–Trinajstić information content (AvgIpc) is 2.60. The van der Waals surface area contributed by atoms with Crippen LogP contribution < -0.4 is 0 Å². The SMILES string of the molecule is CCCCCCCC(c1ccc(Cl)cc1Cl)S(=O)(=O)c1cccnc1. The Morgan fingerprint density at radius 3 is 2.48 bits per heavy atom. The number of nitrogens with zero attached hydrogens (tertiary/aromatic N) is 1. The van der Waals surface area contributed by atoms with Crippen LogP contribution in [0.3, 0.4) is 0 Å². The Balaban J connectivity index is 2.32. The van der Waals surface area contributed by atoms with E-state index in [0.717, 1.165) is 25.7 Å². The highest BCUT2D eigenvalue weighted by Crippen LogP contribution is 2.37. The summed E-state index contributed by atoms with van der Waals surface area (Å²) in [6, 6.07) is 8.22. The van der Waals surface area contributed by atoms with E-state index in [2.05, 4.69) is 11.9 Å². The van der Waals surface area contributed by atoms with Gasteiger partial charge >= 0.3 is 0 Å². The average molecular weight is 400 g/mol. The van der Waals surface area contributed by atoms with Gasteiger partial charge in [0.2, 0.25) is 0 Å². The third-order valence-electron chi connectivity index (χ3n) is 4.22. The fraction of sp³-hybridized carbons (Fsp3) is 0.421. The number of hydrogen-bond acceptors (Lipinski definition) is 3. The molecule has 0 spiro atoms. The van der Waals surface area contributed by atoms with Crippen molar-refractivity contribution in [3.63, 3.8) is 0 Å². The van der Waals surface area contributed by atoms with E-state index in [-0.39, 0.29) is 4.90 Å². The number of benzene rings is 1. The number of sulfone groups is 1. The van der Waals surface area contributed by atoms with Crippen molar-refractivity contribution in [3.8, 4) is 0 Å². The molecule has 0 saturated carbocycles. The van der Waals surface area contributed by atoms with Gasteiger partial charge in [-0.25, -0.2) is 8.42 Å². The predicted octanol–water partition coefficient (Wildman–Crippen LogP) is 6.26. The smallest absolute Gasteiger partial charge is 0.186 e. The number of unbranched alkanes of at least 4 members (excludes halogenated alkanes) is 4. The maximum Gasteiger partial charge on any atom is 0.186 e. The van der Waals surface area contributed by atoms with Gasteiger partial charge in [0, 0.05) is 22.4 Å². The van der Waals surface area contributed by atoms with E-state index in [0.29, 0.717) is 22.0 Å². The predicted molar refractivity (Wildman–Crippen MR) is 104 cm³/mol. The third-order valence-corrected chi connectivity index (χ3v) is 6.92. The molecule has 2 rings (SSSR count). The lowest BCUT2D eigenvalue weighted by Crippen LogP contribution is -2.15. The summed E-state index contributed by atoms with van der Waals surface area (Å²) < 4.78 is 26.3. The Morgan fingerprint density at radius 1 is 1.08 bits per heavy atom. The highest BCUT2D eigenvalue weighted by molar-refractivity contribution is 7.91. The molecule has 0 N–H and O–H groups in total. The Kier molecular flexibility index (Phi) is 7.73. The van der Waals surface area contributed by atoms with Crippen LogP contribution in [0.4, 0.5) is 0 Å². The molecule has 1 aromatic heterocycles. The highest BCUT2D eigenvalue weighted by atomic mass is 35.5. The molecule has 1 unspecified atom stereocenters. The summed E-state index contributed by atoms with van der Waals surface area (Å²) >= 11 is 12.3. The molecule has 0 fully saturated rings. The van der Waals surface area contributed by atoms with Crippen molar-refractivity contribution in [2.45, 2.75) is 55.6 Å². The van der Waals surface area contributed by atoms with Crippen molar-refractivity contribution in [1.82, 2.24) is 4.98 Å². The van der Waals surface area contributed by atoms with Gasteiger partial charge in [0.15, 0.2) is 9.84 Å². The quantitative estimate of drug-likeness (QED) is 0.467. The topological polar surface area (TPSA) is 47.0 Å². The molecule has 0 radical (unpaired) electrons. The molecule has 25 heavy (non-hydrogen) atoms. The number of halogens is 2. The molecule has 0 aliphatic rings. The molecule has 3 nitrogen and oxygen atoms in total. The second-order valence-corrected chi connectivity index (χ2v) is 9.07. The minimum absolute atomic E-state index is 0.222. The fourth-order valence-corrected chi connectivity index (χ4v) is 5.28. The number of rotatable bonds is 9. The zero-order valence-electron chi connectivity index (χ0n) is 14.3. The van der Waals surface area contributed by atoms with Crippen molar-refractivity contribution in [3.05, 3.63) is 58.3 Å². The minimum atomic E-state index is -3.57. The third kappa shape index (κ3) is 5.44. The standard InChI is InChI=1S/C19H23Cl2NO2S/c1-2-3-4-5-6-9-19(17-11-10-15(20)13-18(17)21)25(23,24)16-8-7-12-22-14-16/h7-8,10-14,19H,2-6,9H2,1H3. The van der Waals surface area contributed by atoms with Gasteiger partial charge in [0.1, 0.15) is 0 Å². The van der Waals surface area contributed by atoms with E-state index in [1.165, 1.54) is 12.6 Å². The second-order valence-electron chi connectivity index (χ2n) is 6.09. The number of hydrogen-bond donors (Lipinski definition) is 0. The minimum Gasteiger partial charge on any atom is -0.263 e. The maximum atomic E-state index is 13.2. The summed E-state index contributed by atoms with van der Waals surface area (Å²) in [5, 5.41) is 0.191. The summed E-state index contributed by atoms with van der Waals surface area (Å²) in [6.45, 7) is 2.16. The van der Waals surface area contributed by atoms with Crippen LogP contribution in [0, 0.1) is 0 Å². The highest BCUT2D eigenvalue weighted by Gasteiger charge is 2.30. The van der Waals surface area contributed by atoms with E-state index in [1.807, 2.05) is 0 Å². The largest absolute Gasteiger partial charge is 0.263 e. The van der Waals surface area contributed by atoms with Gasteiger partial charge in [-0.1, -0.05) is 68.3 Å². The van der Waals surface area contributed by atoms with E-state index in [9.17, 15) is 8.42 Å². The molecule has 0 amide bonds. The van der Waals surface area contributed by atoms with Gasteiger partial charge in [0.05, 0.1) is 10.1 Å². The van der Waals surface area contributed by atoms with E-state index in [4.69, 9.17) is 23.2 Å². The molecule has 1 aromatic carbocycles. The maximum absolute atomic E-state index is 13.2. The van der Waals surface area contributed by atoms with Gasteiger partial charge in [-0.05, 0) is 36.2 Å². The molecule has 0 saturated heterocycles. The lowest BCUT2D eigenvalue weighted by atomic mass is 10.0. The van der Waals surface area contributed by atoms with Gasteiger partial charge in [-0.3, -0.25) is 4.98 Å². The summed E-state index contributed by atoms with van der Waals surface area (Å²) in [4.78, 5) is 4.17. The Bertz CT molecular complexity index is 779. The van der Waals surface area contributed by atoms with Crippen LogP contribution in [-0.2, 0) is 9.84 Å². The van der Waals surface area contributed by atoms with E-state index in [1.54, 1.807) is 36.5 Å². The normalized spacial score (nSPS) is 12.9. The van der Waals surface area contributed by atoms with Gasteiger partial charge < -0.3 is 0 Å². The number of pyridine rings is 1. The summed E-state index contributed by atoms with van der Waals surface area (Å²) in [6.07, 6.45) is 8.77.